The van der Waals surface area contributed by atoms with Crippen LogP contribution in [-0.2, 0) is 11.2 Å². The summed E-state index contributed by atoms with van der Waals surface area (Å²) >= 11 is 0. The van der Waals surface area contributed by atoms with E-state index < -0.39 is 6.10 Å². The largest absolute Gasteiger partial charge is 0.491 e. The summed E-state index contributed by atoms with van der Waals surface area (Å²) in [6.45, 7) is 10.7. The number of amides is 1. The zero-order chi connectivity index (χ0) is 20.5. The third-order valence-electron chi connectivity index (χ3n) is 4.66. The number of hydrogen-bond donors (Lipinski definition) is 1. The maximum Gasteiger partial charge on any atom is 0.261 e. The van der Waals surface area contributed by atoms with E-state index in [0.29, 0.717) is 13.0 Å². The van der Waals surface area contributed by atoms with E-state index in [2.05, 4.69) is 24.4 Å². The Kier molecular flexibility index (Phi) is 8.37. The standard InChI is InChI=1S/C24H33NO3/c1-6-23(28-22-12-9-18(4)19(5)16-22)24(26)25-15-7-8-20-10-13-21(14-11-20)27-17(2)3/h9-14,16-17,23H,6-8,15H2,1-5H3,(H,25,26)/t23-/m1/s1. The molecule has 0 bridgehead atoms. The van der Waals surface area contributed by atoms with Crippen LogP contribution in [-0.4, -0.2) is 24.7 Å². The van der Waals surface area contributed by atoms with Gasteiger partial charge in [-0.25, -0.2) is 0 Å². The van der Waals surface area contributed by atoms with Crippen LogP contribution in [0.15, 0.2) is 42.5 Å². The summed E-state index contributed by atoms with van der Waals surface area (Å²) in [6.07, 6.45) is 2.15. The van der Waals surface area contributed by atoms with Crippen LogP contribution in [0.25, 0.3) is 0 Å². The highest BCUT2D eigenvalue weighted by atomic mass is 16.5. The number of nitrogens with one attached hydrogen (secondary N) is 1. The normalized spacial score (nSPS) is 11.9. The third-order valence-corrected chi connectivity index (χ3v) is 4.66. The Bertz CT molecular complexity index is 753. The van der Waals surface area contributed by atoms with Crippen LogP contribution in [0.3, 0.4) is 0 Å². The minimum absolute atomic E-state index is 0.0543. The van der Waals surface area contributed by atoms with Crippen molar-refractivity contribution in [3.05, 3.63) is 59.2 Å². The zero-order valence-corrected chi connectivity index (χ0v) is 17.7. The van der Waals surface area contributed by atoms with Crippen molar-refractivity contribution < 1.29 is 14.3 Å². The first-order valence-electron chi connectivity index (χ1n) is 10.2. The van der Waals surface area contributed by atoms with Gasteiger partial charge in [-0.3, -0.25) is 4.79 Å². The van der Waals surface area contributed by atoms with Gasteiger partial charge in [0.05, 0.1) is 6.10 Å². The Balaban J connectivity index is 1.76. The smallest absolute Gasteiger partial charge is 0.261 e. The van der Waals surface area contributed by atoms with Gasteiger partial charge < -0.3 is 14.8 Å². The summed E-state index contributed by atoms with van der Waals surface area (Å²) in [6, 6.07) is 14.1. The fourth-order valence-electron chi connectivity index (χ4n) is 2.90. The number of hydrogen-bond acceptors (Lipinski definition) is 3. The molecule has 0 saturated heterocycles. The Morgan fingerprint density at radius 2 is 1.64 bits per heavy atom. The van der Waals surface area contributed by atoms with Crippen molar-refractivity contribution in [2.24, 2.45) is 0 Å². The molecule has 2 rings (SSSR count). The quantitative estimate of drug-likeness (QED) is 0.588. The molecule has 0 aliphatic carbocycles. The SMILES string of the molecule is CC[C@@H](Oc1ccc(C)c(C)c1)C(=O)NCCCc1ccc(OC(C)C)cc1. The van der Waals surface area contributed by atoms with Gasteiger partial charge in [0, 0.05) is 6.54 Å². The molecule has 0 unspecified atom stereocenters. The minimum Gasteiger partial charge on any atom is -0.491 e. The van der Waals surface area contributed by atoms with Gasteiger partial charge in [-0.2, -0.15) is 0 Å². The molecule has 0 aliphatic heterocycles. The van der Waals surface area contributed by atoms with Crippen LogP contribution < -0.4 is 14.8 Å². The van der Waals surface area contributed by atoms with E-state index in [0.717, 1.165) is 29.9 Å². The van der Waals surface area contributed by atoms with Gasteiger partial charge in [-0.15, -0.1) is 0 Å². The first-order valence-corrected chi connectivity index (χ1v) is 10.2. The molecule has 0 saturated carbocycles. The van der Waals surface area contributed by atoms with Gasteiger partial charge in [-0.1, -0.05) is 25.1 Å². The Morgan fingerprint density at radius 1 is 0.964 bits per heavy atom. The van der Waals surface area contributed by atoms with Crippen LogP contribution in [0.4, 0.5) is 0 Å². The van der Waals surface area contributed by atoms with Gasteiger partial charge in [-0.05, 0) is 87.9 Å². The lowest BCUT2D eigenvalue weighted by Gasteiger charge is -2.18. The van der Waals surface area contributed by atoms with Crippen molar-refractivity contribution in [1.82, 2.24) is 5.32 Å². The molecular formula is C24H33NO3. The van der Waals surface area contributed by atoms with E-state index in [4.69, 9.17) is 9.47 Å². The zero-order valence-electron chi connectivity index (χ0n) is 17.7. The van der Waals surface area contributed by atoms with Gasteiger partial charge in [0.15, 0.2) is 6.10 Å². The summed E-state index contributed by atoms with van der Waals surface area (Å²) in [5, 5.41) is 3.00. The second-order valence-corrected chi connectivity index (χ2v) is 7.47. The Hall–Kier alpha value is -2.49. The number of aryl methyl sites for hydroxylation is 3. The third kappa shape index (κ3) is 6.91. The molecule has 0 radical (unpaired) electrons. The Morgan fingerprint density at radius 3 is 2.25 bits per heavy atom. The molecule has 2 aromatic rings. The lowest BCUT2D eigenvalue weighted by atomic mass is 10.1. The van der Waals surface area contributed by atoms with Gasteiger partial charge in [0.2, 0.25) is 0 Å². The number of carbonyl (C=O) groups is 1. The number of rotatable bonds is 10. The second kappa shape index (κ2) is 10.7. The van der Waals surface area contributed by atoms with Crippen molar-refractivity contribution in [1.29, 1.82) is 0 Å². The van der Waals surface area contributed by atoms with Crippen LogP contribution in [0.5, 0.6) is 11.5 Å². The minimum atomic E-state index is -0.463. The van der Waals surface area contributed by atoms with E-state index in [1.165, 1.54) is 11.1 Å². The Labute approximate surface area is 169 Å². The highest BCUT2D eigenvalue weighted by molar-refractivity contribution is 5.81. The fraction of sp³-hybridized carbons (Fsp3) is 0.458. The molecule has 0 aliphatic rings. The molecule has 4 heteroatoms. The highest BCUT2D eigenvalue weighted by Crippen LogP contribution is 2.19. The molecule has 1 N–H and O–H groups in total. The lowest BCUT2D eigenvalue weighted by molar-refractivity contribution is -0.128. The molecule has 0 aromatic heterocycles. The average Bonchev–Trinajstić information content (AvgIpc) is 2.66. The van der Waals surface area contributed by atoms with Crippen LogP contribution in [0.2, 0.25) is 0 Å². The molecule has 0 fully saturated rings. The maximum absolute atomic E-state index is 12.4. The van der Waals surface area contributed by atoms with Crippen molar-refractivity contribution in [2.75, 3.05) is 6.54 Å². The second-order valence-electron chi connectivity index (χ2n) is 7.47. The monoisotopic (exact) mass is 383 g/mol. The van der Waals surface area contributed by atoms with Crippen molar-refractivity contribution >= 4 is 5.91 Å². The van der Waals surface area contributed by atoms with E-state index in [9.17, 15) is 4.79 Å². The van der Waals surface area contributed by atoms with Gasteiger partial charge in [0.25, 0.3) is 5.91 Å². The van der Waals surface area contributed by atoms with E-state index >= 15 is 0 Å². The topological polar surface area (TPSA) is 47.6 Å². The lowest BCUT2D eigenvalue weighted by Crippen LogP contribution is -2.38. The summed E-state index contributed by atoms with van der Waals surface area (Å²) in [5.74, 6) is 1.58. The molecule has 0 heterocycles. The molecule has 1 atom stereocenters. The summed E-state index contributed by atoms with van der Waals surface area (Å²) in [5.41, 5.74) is 3.62. The number of carbonyl (C=O) groups excluding carboxylic acids is 1. The summed E-state index contributed by atoms with van der Waals surface area (Å²) in [4.78, 5) is 12.4. The van der Waals surface area contributed by atoms with Gasteiger partial charge >= 0.3 is 0 Å². The molecule has 0 spiro atoms. The van der Waals surface area contributed by atoms with Crippen molar-refractivity contribution in [2.45, 2.75) is 66.1 Å². The fourth-order valence-corrected chi connectivity index (χ4v) is 2.90. The molecule has 28 heavy (non-hydrogen) atoms. The van der Waals surface area contributed by atoms with Crippen LogP contribution in [0, 0.1) is 13.8 Å². The van der Waals surface area contributed by atoms with Crippen molar-refractivity contribution in [3.63, 3.8) is 0 Å². The van der Waals surface area contributed by atoms with E-state index in [1.54, 1.807) is 0 Å². The average molecular weight is 384 g/mol. The number of benzene rings is 2. The first-order chi connectivity index (χ1) is 13.4. The highest BCUT2D eigenvalue weighted by Gasteiger charge is 2.18. The number of ether oxygens (including phenoxy) is 2. The van der Waals surface area contributed by atoms with E-state index in [-0.39, 0.29) is 12.0 Å². The van der Waals surface area contributed by atoms with Gasteiger partial charge in [0.1, 0.15) is 11.5 Å². The molecule has 152 valence electrons. The predicted octanol–water partition coefficient (Wildman–Crippen LogP) is 5.00. The molecule has 1 amide bonds. The van der Waals surface area contributed by atoms with Crippen molar-refractivity contribution in [3.8, 4) is 11.5 Å². The molecular weight excluding hydrogens is 350 g/mol. The first kappa shape index (κ1) is 21.8. The molecule has 2 aromatic carbocycles. The van der Waals surface area contributed by atoms with E-state index in [1.807, 2.05) is 58.0 Å². The maximum atomic E-state index is 12.4. The summed E-state index contributed by atoms with van der Waals surface area (Å²) in [7, 11) is 0. The molecule has 4 nitrogen and oxygen atoms in total. The summed E-state index contributed by atoms with van der Waals surface area (Å²) < 4.78 is 11.6. The van der Waals surface area contributed by atoms with Crippen LogP contribution >= 0.6 is 0 Å². The van der Waals surface area contributed by atoms with Crippen LogP contribution in [0.1, 0.15) is 50.3 Å². The predicted molar refractivity (Wildman–Crippen MR) is 114 cm³/mol.